The molecule has 0 radical (unpaired) electrons. The van der Waals surface area contributed by atoms with Crippen molar-refractivity contribution in [3.05, 3.63) is 17.8 Å². The predicted octanol–water partition coefficient (Wildman–Crippen LogP) is 1.49. The largest absolute Gasteiger partial charge is 0.369 e. The molecule has 2 aromatic rings. The van der Waals surface area contributed by atoms with Crippen molar-refractivity contribution in [1.82, 2.24) is 14.9 Å². The zero-order valence-electron chi connectivity index (χ0n) is 15.5. The lowest BCUT2D eigenvalue weighted by molar-refractivity contribution is -0.150. The van der Waals surface area contributed by atoms with Gasteiger partial charge in [0, 0.05) is 43.7 Å². The number of nitrogens with two attached hydrogens (primary N) is 1. The third kappa shape index (κ3) is 2.46. The number of nitrogens with zero attached hydrogens (tertiary/aromatic N) is 4. The molecule has 1 aliphatic carbocycles. The normalized spacial score (nSPS) is 27.8. The van der Waals surface area contributed by atoms with Gasteiger partial charge < -0.3 is 15.5 Å². The summed E-state index contributed by atoms with van der Waals surface area (Å²) >= 11 is 1.56. The lowest BCUT2D eigenvalue weighted by Crippen LogP contribution is -2.64. The predicted molar refractivity (Wildman–Crippen MR) is 103 cm³/mol. The van der Waals surface area contributed by atoms with Gasteiger partial charge in [-0.25, -0.2) is 9.97 Å². The third-order valence-corrected chi connectivity index (χ3v) is 7.49. The van der Waals surface area contributed by atoms with Gasteiger partial charge in [0.05, 0.1) is 21.6 Å². The van der Waals surface area contributed by atoms with Crippen LogP contribution in [0.15, 0.2) is 17.8 Å². The highest BCUT2D eigenvalue weighted by molar-refractivity contribution is 7.17. The van der Waals surface area contributed by atoms with Crippen molar-refractivity contribution in [3.63, 3.8) is 0 Å². The molecule has 7 nitrogen and oxygen atoms in total. The van der Waals surface area contributed by atoms with E-state index in [1.165, 1.54) is 0 Å². The van der Waals surface area contributed by atoms with Crippen molar-refractivity contribution in [3.8, 4) is 0 Å². The minimum absolute atomic E-state index is 0.121. The van der Waals surface area contributed by atoms with Crippen LogP contribution in [0, 0.1) is 22.7 Å². The number of aromatic nitrogens is 2. The van der Waals surface area contributed by atoms with E-state index in [1.807, 2.05) is 16.5 Å². The molecular weight excluding hydrogens is 362 g/mol. The Kier molecular flexibility index (Phi) is 3.39. The second-order valence-corrected chi connectivity index (χ2v) is 9.83. The van der Waals surface area contributed by atoms with Crippen LogP contribution in [0.5, 0.6) is 0 Å². The van der Waals surface area contributed by atoms with Crippen molar-refractivity contribution in [2.45, 2.75) is 20.3 Å². The Morgan fingerprint density at radius 2 is 1.96 bits per heavy atom. The van der Waals surface area contributed by atoms with Crippen LogP contribution in [0.25, 0.3) is 10.2 Å². The minimum atomic E-state index is -0.284. The number of rotatable bonds is 3. The molecule has 4 heterocycles. The van der Waals surface area contributed by atoms with Crippen molar-refractivity contribution in [2.24, 2.45) is 28.4 Å². The molecule has 2 atom stereocenters. The maximum atomic E-state index is 12.7. The van der Waals surface area contributed by atoms with E-state index >= 15 is 0 Å². The number of hydrogen-bond acceptors (Lipinski definition) is 6. The van der Waals surface area contributed by atoms with Crippen LogP contribution in [-0.4, -0.2) is 52.9 Å². The fraction of sp³-hybridized carbons (Fsp3) is 0.579. The molecule has 2 saturated heterocycles. The summed E-state index contributed by atoms with van der Waals surface area (Å²) in [6, 6.07) is 1.90. The highest BCUT2D eigenvalue weighted by Gasteiger charge is 2.61. The lowest BCUT2D eigenvalue weighted by Gasteiger charge is -2.50. The highest BCUT2D eigenvalue weighted by Crippen LogP contribution is 2.54. The molecule has 1 saturated carbocycles. The zero-order valence-corrected chi connectivity index (χ0v) is 16.3. The number of carbonyl (C=O) groups excluding carboxylic acids is 2. The maximum absolute atomic E-state index is 12.7. The quantitative estimate of drug-likeness (QED) is 0.864. The van der Waals surface area contributed by atoms with Gasteiger partial charge in [-0.05, 0) is 17.9 Å². The Labute approximate surface area is 161 Å². The van der Waals surface area contributed by atoms with Gasteiger partial charge in [0.1, 0.15) is 5.82 Å². The van der Waals surface area contributed by atoms with Crippen LogP contribution >= 0.6 is 11.3 Å². The van der Waals surface area contributed by atoms with Crippen molar-refractivity contribution >= 4 is 39.2 Å². The third-order valence-electron chi connectivity index (χ3n) is 6.65. The van der Waals surface area contributed by atoms with Gasteiger partial charge in [0.15, 0.2) is 0 Å². The molecule has 2 amide bonds. The van der Waals surface area contributed by atoms with Gasteiger partial charge in [-0.2, -0.15) is 0 Å². The average molecular weight is 385 g/mol. The minimum Gasteiger partial charge on any atom is -0.369 e. The molecule has 27 heavy (non-hydrogen) atoms. The molecule has 2 aliphatic heterocycles. The molecule has 8 heteroatoms. The number of hydrogen-bond donors (Lipinski definition) is 1. The number of fused-ring (bicyclic) bond motifs is 1. The first kappa shape index (κ1) is 16.9. The Morgan fingerprint density at radius 3 is 2.63 bits per heavy atom. The molecule has 2 N–H and O–H groups in total. The van der Waals surface area contributed by atoms with Gasteiger partial charge in [0.25, 0.3) is 0 Å². The highest BCUT2D eigenvalue weighted by atomic mass is 32.1. The topological polar surface area (TPSA) is 92.4 Å². The summed E-state index contributed by atoms with van der Waals surface area (Å²) in [7, 11) is 0. The molecule has 142 valence electrons. The second kappa shape index (κ2) is 5.41. The molecule has 1 spiro atoms. The van der Waals surface area contributed by atoms with Gasteiger partial charge in [-0.3, -0.25) is 9.59 Å². The molecule has 2 aromatic heterocycles. The number of pyridine rings is 1. The molecule has 0 bridgehead atoms. The second-order valence-electron chi connectivity index (χ2n) is 8.97. The first-order valence-corrected chi connectivity index (χ1v) is 10.2. The van der Waals surface area contributed by atoms with E-state index in [1.54, 1.807) is 17.5 Å². The van der Waals surface area contributed by atoms with Gasteiger partial charge >= 0.3 is 0 Å². The molecule has 3 aliphatic rings. The molecule has 3 fully saturated rings. The van der Waals surface area contributed by atoms with Crippen molar-refractivity contribution in [2.75, 3.05) is 31.1 Å². The number of carbonyl (C=O) groups is 2. The summed E-state index contributed by atoms with van der Waals surface area (Å²) in [5.41, 5.74) is 8.35. The number of amides is 2. The smallest absolute Gasteiger partial charge is 0.226 e. The molecular formula is C19H23N5O2S. The van der Waals surface area contributed by atoms with Gasteiger partial charge in [0.2, 0.25) is 11.8 Å². The summed E-state index contributed by atoms with van der Waals surface area (Å²) in [6.45, 7) is 6.74. The molecule has 5 rings (SSSR count). The Hall–Kier alpha value is -2.22. The van der Waals surface area contributed by atoms with Crippen LogP contribution in [0.3, 0.4) is 0 Å². The summed E-state index contributed by atoms with van der Waals surface area (Å²) in [4.78, 5) is 37.9. The summed E-state index contributed by atoms with van der Waals surface area (Å²) in [5.74, 6) is 0.680. The Morgan fingerprint density at radius 1 is 1.22 bits per heavy atom. The summed E-state index contributed by atoms with van der Waals surface area (Å²) in [5, 5.41) is 0. The van der Waals surface area contributed by atoms with E-state index in [0.29, 0.717) is 26.2 Å². The number of thiazole rings is 1. The van der Waals surface area contributed by atoms with E-state index in [4.69, 9.17) is 5.73 Å². The maximum Gasteiger partial charge on any atom is 0.226 e. The first-order valence-electron chi connectivity index (χ1n) is 9.32. The van der Waals surface area contributed by atoms with Crippen LogP contribution in [0.2, 0.25) is 0 Å². The van der Waals surface area contributed by atoms with E-state index in [2.05, 4.69) is 28.7 Å². The van der Waals surface area contributed by atoms with Gasteiger partial charge in [-0.1, -0.05) is 13.8 Å². The van der Waals surface area contributed by atoms with E-state index in [-0.39, 0.29) is 34.5 Å². The fourth-order valence-electron chi connectivity index (χ4n) is 4.82. The van der Waals surface area contributed by atoms with Crippen molar-refractivity contribution < 1.29 is 9.59 Å². The van der Waals surface area contributed by atoms with Crippen LogP contribution in [0.4, 0.5) is 5.82 Å². The zero-order chi connectivity index (χ0) is 19.0. The monoisotopic (exact) mass is 385 g/mol. The van der Waals surface area contributed by atoms with E-state index in [9.17, 15) is 9.59 Å². The first-order chi connectivity index (χ1) is 12.8. The van der Waals surface area contributed by atoms with Crippen LogP contribution < -0.4 is 10.6 Å². The Bertz CT molecular complexity index is 948. The summed E-state index contributed by atoms with van der Waals surface area (Å²) in [6.07, 6.45) is 2.71. The molecule has 0 aromatic carbocycles. The van der Waals surface area contributed by atoms with Crippen LogP contribution in [-0.2, 0) is 9.59 Å². The standard InChI is InChI=1S/C19H23N5O2S/c1-18(2)5-11(18)17(26)24-8-19(9-24)7-23(6-12(19)15(20)25)16-14-13(3-4-21-16)22-10-27-14/h3-4,10-12H,5-9H2,1-2H3,(H2,20,25). The average Bonchev–Trinajstić information content (AvgIpc) is 2.98. The molecule has 2 unspecified atom stereocenters. The van der Waals surface area contributed by atoms with Crippen molar-refractivity contribution in [1.29, 1.82) is 0 Å². The van der Waals surface area contributed by atoms with E-state index in [0.717, 1.165) is 22.5 Å². The number of anilines is 1. The number of likely N-dealkylation sites (tertiary alicyclic amines) is 1. The van der Waals surface area contributed by atoms with E-state index < -0.39 is 0 Å². The van der Waals surface area contributed by atoms with Gasteiger partial charge in [-0.15, -0.1) is 11.3 Å². The Balaban J connectivity index is 1.38. The lowest BCUT2D eigenvalue weighted by atomic mass is 9.71. The number of primary amides is 1. The SMILES string of the molecule is CC1(C)CC1C(=O)N1CC2(C1)CN(c1nccc3ncsc13)CC2C(N)=O. The summed E-state index contributed by atoms with van der Waals surface area (Å²) < 4.78 is 1.03. The van der Waals surface area contributed by atoms with Crippen LogP contribution in [0.1, 0.15) is 20.3 Å². The fourth-order valence-corrected chi connectivity index (χ4v) is 5.62.